The summed E-state index contributed by atoms with van der Waals surface area (Å²) in [7, 11) is 0. The van der Waals surface area contributed by atoms with Crippen LogP contribution in [0.4, 0.5) is 0 Å². The Morgan fingerprint density at radius 1 is 1.04 bits per heavy atom. The number of allylic oxidation sites excluding steroid dienone is 1. The Balaban J connectivity index is 1.73. The van der Waals surface area contributed by atoms with Crippen LogP contribution >= 0.6 is 11.3 Å². The second-order valence-electron chi connectivity index (χ2n) is 6.06. The highest BCUT2D eigenvalue weighted by atomic mass is 32.1. The fraction of sp³-hybridized carbons (Fsp3) is 0.0455. The Hall–Kier alpha value is -3.31. The van der Waals surface area contributed by atoms with E-state index >= 15 is 0 Å². The van der Waals surface area contributed by atoms with E-state index in [1.165, 1.54) is 11.3 Å². The molecule has 1 aromatic carbocycles. The molecule has 0 amide bonds. The quantitative estimate of drug-likeness (QED) is 0.358. The van der Waals surface area contributed by atoms with Crippen molar-refractivity contribution in [3.8, 4) is 16.9 Å². The average molecular weight is 371 g/mol. The number of benzene rings is 1. The van der Waals surface area contributed by atoms with E-state index in [0.29, 0.717) is 0 Å². The van der Waals surface area contributed by atoms with Crippen LogP contribution in [0, 0.1) is 6.92 Å². The van der Waals surface area contributed by atoms with Crippen molar-refractivity contribution in [1.29, 1.82) is 0 Å². The van der Waals surface area contributed by atoms with Gasteiger partial charge in [0.05, 0.1) is 10.6 Å². The van der Waals surface area contributed by atoms with Crippen molar-refractivity contribution in [3.05, 3.63) is 94.6 Å². The van der Waals surface area contributed by atoms with Crippen LogP contribution < -0.4 is 0 Å². The van der Waals surface area contributed by atoms with Crippen molar-refractivity contribution in [2.45, 2.75) is 6.92 Å². The summed E-state index contributed by atoms with van der Waals surface area (Å²) >= 11 is 1.50. The van der Waals surface area contributed by atoms with E-state index < -0.39 is 0 Å². The van der Waals surface area contributed by atoms with Crippen LogP contribution in [0.15, 0.2) is 79.3 Å². The van der Waals surface area contributed by atoms with Crippen molar-refractivity contribution in [3.63, 3.8) is 0 Å². The van der Waals surface area contributed by atoms with Gasteiger partial charge < -0.3 is 0 Å². The van der Waals surface area contributed by atoms with Crippen LogP contribution in [-0.2, 0) is 0 Å². The lowest BCUT2D eigenvalue weighted by Gasteiger charge is -2.00. The molecule has 3 heterocycles. The largest absolute Gasteiger partial charge is 0.288 e. The van der Waals surface area contributed by atoms with E-state index in [0.717, 1.165) is 32.3 Å². The highest BCUT2D eigenvalue weighted by molar-refractivity contribution is 7.14. The third-order valence-corrected chi connectivity index (χ3v) is 5.13. The molecule has 4 rings (SSSR count). The number of aromatic nitrogens is 3. The number of carbonyl (C=O) groups excluding carboxylic acids is 1. The molecule has 0 aliphatic rings. The number of thiophene rings is 1. The maximum absolute atomic E-state index is 12.4. The van der Waals surface area contributed by atoms with Crippen LogP contribution in [0.25, 0.3) is 23.0 Å². The third kappa shape index (κ3) is 3.78. The predicted molar refractivity (Wildman–Crippen MR) is 109 cm³/mol. The molecule has 0 saturated heterocycles. The molecule has 0 radical (unpaired) electrons. The predicted octanol–water partition coefficient (Wildman–Crippen LogP) is 5.20. The highest BCUT2D eigenvalue weighted by Crippen LogP contribution is 2.25. The number of rotatable bonds is 5. The Morgan fingerprint density at radius 3 is 2.52 bits per heavy atom. The van der Waals surface area contributed by atoms with Gasteiger partial charge in [-0.15, -0.1) is 11.3 Å². The summed E-state index contributed by atoms with van der Waals surface area (Å²) in [6.07, 6.45) is 8.87. The summed E-state index contributed by atoms with van der Waals surface area (Å²) in [4.78, 5) is 18.4. The second kappa shape index (κ2) is 7.51. The summed E-state index contributed by atoms with van der Waals surface area (Å²) in [5.74, 6) is 0.00115. The van der Waals surface area contributed by atoms with Gasteiger partial charge in [-0.2, -0.15) is 5.10 Å². The van der Waals surface area contributed by atoms with Gasteiger partial charge in [0.25, 0.3) is 0 Å². The molecule has 0 saturated carbocycles. The summed E-state index contributed by atoms with van der Waals surface area (Å²) in [5.41, 5.74) is 3.62. The van der Waals surface area contributed by atoms with Crippen LogP contribution in [0.3, 0.4) is 0 Å². The molecule has 3 aromatic heterocycles. The maximum atomic E-state index is 12.4. The molecule has 27 heavy (non-hydrogen) atoms. The number of hydrogen-bond donors (Lipinski definition) is 0. The first kappa shape index (κ1) is 17.1. The minimum Gasteiger partial charge on any atom is -0.288 e. The van der Waals surface area contributed by atoms with E-state index in [4.69, 9.17) is 5.10 Å². The molecular weight excluding hydrogens is 354 g/mol. The fourth-order valence-electron chi connectivity index (χ4n) is 2.77. The van der Waals surface area contributed by atoms with Crippen molar-refractivity contribution in [2.75, 3.05) is 0 Å². The Labute approximate surface area is 161 Å². The Morgan fingerprint density at radius 2 is 1.81 bits per heavy atom. The molecule has 0 unspecified atom stereocenters. The molecule has 5 heteroatoms. The molecule has 0 aliphatic heterocycles. The van der Waals surface area contributed by atoms with Gasteiger partial charge in [-0.05, 0) is 55.5 Å². The molecule has 4 nitrogen and oxygen atoms in total. The summed E-state index contributed by atoms with van der Waals surface area (Å²) in [6.45, 7) is 2.00. The normalized spacial score (nSPS) is 11.1. The lowest BCUT2D eigenvalue weighted by atomic mass is 10.1. The topological polar surface area (TPSA) is 47.8 Å². The van der Waals surface area contributed by atoms with E-state index in [1.54, 1.807) is 18.5 Å². The van der Waals surface area contributed by atoms with Crippen LogP contribution in [-0.4, -0.2) is 20.5 Å². The summed E-state index contributed by atoms with van der Waals surface area (Å²) in [5, 5.41) is 4.73. The van der Waals surface area contributed by atoms with Crippen LogP contribution in [0.5, 0.6) is 0 Å². The van der Waals surface area contributed by atoms with Crippen molar-refractivity contribution in [2.24, 2.45) is 0 Å². The standard InChI is InChI=1S/C22H17N3OS/c1-16-7-10-21(27-16)20(26)9-8-18-15-25(19-5-3-2-4-6-19)24-22(18)17-11-13-23-14-12-17/h2-15H,1H3/b9-8+. The third-order valence-electron chi connectivity index (χ3n) is 4.11. The van der Waals surface area contributed by atoms with Gasteiger partial charge in [-0.25, -0.2) is 4.68 Å². The number of carbonyl (C=O) groups is 1. The monoisotopic (exact) mass is 371 g/mol. The zero-order valence-corrected chi connectivity index (χ0v) is 15.6. The fourth-order valence-corrected chi connectivity index (χ4v) is 3.56. The van der Waals surface area contributed by atoms with Crippen LogP contribution in [0.1, 0.15) is 20.1 Å². The first-order valence-corrected chi connectivity index (χ1v) is 9.37. The minimum absolute atomic E-state index is 0.00115. The molecule has 0 bridgehead atoms. The number of nitrogens with zero attached hydrogens (tertiary/aromatic N) is 3. The Bertz CT molecular complexity index is 1100. The van der Waals surface area contributed by atoms with Crippen molar-refractivity contribution < 1.29 is 4.79 Å². The number of pyridine rings is 1. The first-order chi connectivity index (χ1) is 13.2. The molecule has 0 fully saturated rings. The van der Waals surface area contributed by atoms with Gasteiger partial charge in [0, 0.05) is 34.6 Å². The molecule has 0 spiro atoms. The van der Waals surface area contributed by atoms with E-state index in [-0.39, 0.29) is 5.78 Å². The van der Waals surface area contributed by atoms with Gasteiger partial charge in [0.2, 0.25) is 0 Å². The van der Waals surface area contributed by atoms with Gasteiger partial charge in [-0.1, -0.05) is 18.2 Å². The van der Waals surface area contributed by atoms with E-state index in [2.05, 4.69) is 4.98 Å². The Kier molecular flexibility index (Phi) is 4.77. The van der Waals surface area contributed by atoms with Gasteiger partial charge in [0.15, 0.2) is 5.78 Å². The van der Waals surface area contributed by atoms with E-state index in [1.807, 2.05) is 78.5 Å². The highest BCUT2D eigenvalue weighted by Gasteiger charge is 2.11. The smallest absolute Gasteiger partial charge is 0.195 e. The maximum Gasteiger partial charge on any atom is 0.195 e. The summed E-state index contributed by atoms with van der Waals surface area (Å²) in [6, 6.07) is 17.6. The molecular formula is C22H17N3OS. The molecule has 132 valence electrons. The molecule has 0 N–H and O–H groups in total. The average Bonchev–Trinajstić information content (AvgIpc) is 3.34. The zero-order chi connectivity index (χ0) is 18.6. The van der Waals surface area contributed by atoms with Gasteiger partial charge in [0.1, 0.15) is 5.69 Å². The molecule has 4 aromatic rings. The lowest BCUT2D eigenvalue weighted by Crippen LogP contribution is -1.93. The zero-order valence-electron chi connectivity index (χ0n) is 14.7. The van der Waals surface area contributed by atoms with Crippen LogP contribution in [0.2, 0.25) is 0 Å². The number of para-hydroxylation sites is 1. The number of ketones is 1. The van der Waals surface area contributed by atoms with Gasteiger partial charge >= 0.3 is 0 Å². The SMILES string of the molecule is Cc1ccc(C(=O)/C=C/c2cn(-c3ccccc3)nc2-c2ccncc2)s1. The molecule has 0 aliphatic carbocycles. The first-order valence-electron chi connectivity index (χ1n) is 8.55. The molecule has 0 atom stereocenters. The van der Waals surface area contributed by atoms with Gasteiger partial charge in [-0.3, -0.25) is 9.78 Å². The van der Waals surface area contributed by atoms with E-state index in [9.17, 15) is 4.79 Å². The summed E-state index contributed by atoms with van der Waals surface area (Å²) < 4.78 is 1.83. The van der Waals surface area contributed by atoms with Crippen molar-refractivity contribution >= 4 is 23.2 Å². The lowest BCUT2D eigenvalue weighted by molar-refractivity contribution is 0.105. The van der Waals surface area contributed by atoms with Crippen molar-refractivity contribution in [1.82, 2.24) is 14.8 Å². The number of hydrogen-bond acceptors (Lipinski definition) is 4. The number of aryl methyl sites for hydroxylation is 1. The minimum atomic E-state index is 0.00115. The second-order valence-corrected chi connectivity index (χ2v) is 7.34.